The Morgan fingerprint density at radius 1 is 1.38 bits per heavy atom. The van der Waals surface area contributed by atoms with Gasteiger partial charge in [0.1, 0.15) is 5.75 Å². The zero-order chi connectivity index (χ0) is 11.5. The molecule has 1 N–H and O–H groups in total. The number of aryl methyl sites for hydroxylation is 1. The average Bonchev–Trinajstić information content (AvgIpc) is 2.76. The van der Waals surface area contributed by atoms with Crippen LogP contribution in [-0.2, 0) is 0 Å². The van der Waals surface area contributed by atoms with E-state index in [-0.39, 0.29) is 0 Å². The number of nitrogens with one attached hydrogen (secondary N) is 1. The molecular formula is C12H15N3O. The summed E-state index contributed by atoms with van der Waals surface area (Å²) in [6.45, 7) is 2.05. The fourth-order valence-electron chi connectivity index (χ4n) is 1.71. The fourth-order valence-corrected chi connectivity index (χ4v) is 1.71. The molecule has 0 aliphatic heterocycles. The minimum absolute atomic E-state index is 0.827. The zero-order valence-corrected chi connectivity index (χ0v) is 9.69. The molecular weight excluding hydrogens is 202 g/mol. The van der Waals surface area contributed by atoms with Gasteiger partial charge in [-0.1, -0.05) is 0 Å². The van der Waals surface area contributed by atoms with Crippen molar-refractivity contribution in [3.05, 3.63) is 36.2 Å². The highest BCUT2D eigenvalue weighted by Crippen LogP contribution is 2.22. The van der Waals surface area contributed by atoms with Crippen molar-refractivity contribution in [3.8, 4) is 11.4 Å². The summed E-state index contributed by atoms with van der Waals surface area (Å²) in [5.41, 5.74) is 2.25. The number of anilines is 1. The molecule has 0 fully saturated rings. The van der Waals surface area contributed by atoms with Crippen LogP contribution in [0.5, 0.6) is 5.75 Å². The molecule has 1 aromatic heterocycles. The quantitative estimate of drug-likeness (QED) is 0.856. The van der Waals surface area contributed by atoms with E-state index in [0.29, 0.717) is 0 Å². The highest BCUT2D eigenvalue weighted by atomic mass is 16.5. The Labute approximate surface area is 94.9 Å². The standard InChI is InChI=1S/C12H15N3O/c1-9-8-10(16-3)4-5-11(9)15-7-6-14-12(15)13-2/h4-8H,1-3H3,(H,13,14). The normalized spacial score (nSPS) is 10.2. The SMILES string of the molecule is CNc1nccn1-c1ccc(OC)cc1C. The van der Waals surface area contributed by atoms with Crippen molar-refractivity contribution in [2.24, 2.45) is 0 Å². The number of benzene rings is 1. The van der Waals surface area contributed by atoms with Crippen LogP contribution in [0.4, 0.5) is 5.95 Å². The topological polar surface area (TPSA) is 39.1 Å². The lowest BCUT2D eigenvalue weighted by Gasteiger charge is -2.11. The van der Waals surface area contributed by atoms with E-state index in [2.05, 4.69) is 17.2 Å². The second kappa shape index (κ2) is 4.26. The van der Waals surface area contributed by atoms with Crippen molar-refractivity contribution in [2.75, 3.05) is 19.5 Å². The van der Waals surface area contributed by atoms with E-state index >= 15 is 0 Å². The number of nitrogens with zero attached hydrogens (tertiary/aromatic N) is 2. The van der Waals surface area contributed by atoms with Crippen LogP contribution >= 0.6 is 0 Å². The van der Waals surface area contributed by atoms with Crippen molar-refractivity contribution in [1.29, 1.82) is 0 Å². The van der Waals surface area contributed by atoms with Crippen LogP contribution in [0.3, 0.4) is 0 Å². The van der Waals surface area contributed by atoms with E-state index in [1.54, 1.807) is 13.3 Å². The maximum absolute atomic E-state index is 5.18. The van der Waals surface area contributed by atoms with Gasteiger partial charge in [0.15, 0.2) is 0 Å². The van der Waals surface area contributed by atoms with E-state index < -0.39 is 0 Å². The van der Waals surface area contributed by atoms with Crippen LogP contribution in [0, 0.1) is 6.92 Å². The minimum Gasteiger partial charge on any atom is -0.497 e. The number of imidazole rings is 1. The molecule has 1 aromatic carbocycles. The van der Waals surface area contributed by atoms with Crippen LogP contribution in [0.25, 0.3) is 5.69 Å². The first kappa shape index (κ1) is 10.5. The molecule has 0 radical (unpaired) electrons. The van der Waals surface area contributed by atoms with Crippen molar-refractivity contribution in [3.63, 3.8) is 0 Å². The van der Waals surface area contributed by atoms with Gasteiger partial charge in [-0.15, -0.1) is 0 Å². The first-order chi connectivity index (χ1) is 7.76. The fraction of sp³-hybridized carbons (Fsp3) is 0.250. The number of aromatic nitrogens is 2. The van der Waals surface area contributed by atoms with Gasteiger partial charge in [-0.05, 0) is 30.7 Å². The molecule has 4 nitrogen and oxygen atoms in total. The zero-order valence-electron chi connectivity index (χ0n) is 9.69. The Balaban J connectivity index is 2.48. The maximum Gasteiger partial charge on any atom is 0.207 e. The molecule has 0 unspecified atom stereocenters. The minimum atomic E-state index is 0.827. The third kappa shape index (κ3) is 1.74. The lowest BCUT2D eigenvalue weighted by Crippen LogP contribution is -2.02. The molecule has 4 heteroatoms. The Hall–Kier alpha value is -1.97. The first-order valence-corrected chi connectivity index (χ1v) is 5.12. The highest BCUT2D eigenvalue weighted by molar-refractivity contribution is 5.49. The summed E-state index contributed by atoms with van der Waals surface area (Å²) < 4.78 is 7.19. The van der Waals surface area contributed by atoms with Gasteiger partial charge >= 0.3 is 0 Å². The summed E-state index contributed by atoms with van der Waals surface area (Å²) >= 11 is 0. The average molecular weight is 217 g/mol. The van der Waals surface area contributed by atoms with E-state index in [4.69, 9.17) is 4.74 Å². The lowest BCUT2D eigenvalue weighted by molar-refractivity contribution is 0.414. The van der Waals surface area contributed by atoms with E-state index in [1.807, 2.05) is 36.0 Å². The summed E-state index contributed by atoms with van der Waals surface area (Å²) in [4.78, 5) is 4.22. The molecule has 16 heavy (non-hydrogen) atoms. The predicted molar refractivity (Wildman–Crippen MR) is 64.4 cm³/mol. The van der Waals surface area contributed by atoms with Crippen LogP contribution in [0.2, 0.25) is 0 Å². The number of methoxy groups -OCH3 is 1. The van der Waals surface area contributed by atoms with Crippen LogP contribution < -0.4 is 10.1 Å². The maximum atomic E-state index is 5.18. The molecule has 0 aliphatic carbocycles. The van der Waals surface area contributed by atoms with Crippen LogP contribution in [0.1, 0.15) is 5.56 Å². The van der Waals surface area contributed by atoms with E-state index in [1.165, 1.54) is 0 Å². The van der Waals surface area contributed by atoms with Crippen molar-refractivity contribution >= 4 is 5.95 Å². The van der Waals surface area contributed by atoms with Crippen LogP contribution in [-0.4, -0.2) is 23.7 Å². The lowest BCUT2D eigenvalue weighted by atomic mass is 10.2. The molecule has 0 spiro atoms. The summed E-state index contributed by atoms with van der Waals surface area (Å²) in [5, 5.41) is 3.05. The third-order valence-corrected chi connectivity index (χ3v) is 2.53. The van der Waals surface area contributed by atoms with Crippen molar-refractivity contribution in [1.82, 2.24) is 9.55 Å². The van der Waals surface area contributed by atoms with E-state index in [9.17, 15) is 0 Å². The van der Waals surface area contributed by atoms with Gasteiger partial charge in [0, 0.05) is 19.4 Å². The molecule has 1 heterocycles. The predicted octanol–water partition coefficient (Wildman–Crippen LogP) is 2.23. The molecule has 0 amide bonds. The Kier molecular flexibility index (Phi) is 2.81. The number of hydrogen-bond donors (Lipinski definition) is 1. The summed E-state index contributed by atoms with van der Waals surface area (Å²) in [5.74, 6) is 1.70. The van der Waals surface area contributed by atoms with Gasteiger partial charge in [-0.3, -0.25) is 4.57 Å². The van der Waals surface area contributed by atoms with Gasteiger partial charge in [-0.25, -0.2) is 4.98 Å². The molecule has 84 valence electrons. The number of ether oxygens (including phenoxy) is 1. The Bertz CT molecular complexity index is 491. The smallest absolute Gasteiger partial charge is 0.207 e. The van der Waals surface area contributed by atoms with Gasteiger partial charge in [-0.2, -0.15) is 0 Å². The summed E-state index contributed by atoms with van der Waals surface area (Å²) in [6.07, 6.45) is 3.70. The second-order valence-corrected chi connectivity index (χ2v) is 3.52. The van der Waals surface area contributed by atoms with Crippen LogP contribution in [0.15, 0.2) is 30.6 Å². The number of rotatable bonds is 3. The molecule has 0 bridgehead atoms. The molecule has 0 saturated heterocycles. The molecule has 2 rings (SSSR count). The van der Waals surface area contributed by atoms with Gasteiger partial charge < -0.3 is 10.1 Å². The largest absolute Gasteiger partial charge is 0.497 e. The Morgan fingerprint density at radius 2 is 2.19 bits per heavy atom. The first-order valence-electron chi connectivity index (χ1n) is 5.12. The van der Waals surface area contributed by atoms with Gasteiger partial charge in [0.2, 0.25) is 5.95 Å². The molecule has 0 saturated carbocycles. The number of hydrogen-bond acceptors (Lipinski definition) is 3. The van der Waals surface area contributed by atoms with Crippen molar-refractivity contribution < 1.29 is 4.74 Å². The van der Waals surface area contributed by atoms with Crippen molar-refractivity contribution in [2.45, 2.75) is 6.92 Å². The van der Waals surface area contributed by atoms with Gasteiger partial charge in [0.05, 0.1) is 12.8 Å². The summed E-state index contributed by atoms with van der Waals surface area (Å²) in [6, 6.07) is 5.98. The van der Waals surface area contributed by atoms with E-state index in [0.717, 1.165) is 22.9 Å². The summed E-state index contributed by atoms with van der Waals surface area (Å²) in [7, 11) is 3.53. The highest BCUT2D eigenvalue weighted by Gasteiger charge is 2.06. The van der Waals surface area contributed by atoms with Gasteiger partial charge in [0.25, 0.3) is 0 Å². The third-order valence-electron chi connectivity index (χ3n) is 2.53. The molecule has 0 atom stereocenters. The molecule has 0 aliphatic rings. The second-order valence-electron chi connectivity index (χ2n) is 3.52. The molecule has 2 aromatic rings. The Morgan fingerprint density at radius 3 is 2.81 bits per heavy atom. The monoisotopic (exact) mass is 217 g/mol.